The van der Waals surface area contributed by atoms with E-state index in [9.17, 15) is 4.79 Å². The minimum Gasteiger partial charge on any atom is -0.493 e. The summed E-state index contributed by atoms with van der Waals surface area (Å²) in [5.41, 5.74) is 5.37. The molecule has 0 saturated carbocycles. The van der Waals surface area contributed by atoms with Crippen LogP contribution in [-0.4, -0.2) is 19.2 Å². The van der Waals surface area contributed by atoms with Gasteiger partial charge in [-0.15, -0.1) is 0 Å². The largest absolute Gasteiger partial charge is 0.493 e. The van der Waals surface area contributed by atoms with Crippen molar-refractivity contribution >= 4 is 46.9 Å². The van der Waals surface area contributed by atoms with Crippen LogP contribution in [0.4, 0.5) is 0 Å². The van der Waals surface area contributed by atoms with Gasteiger partial charge in [0.1, 0.15) is 13.2 Å². The molecule has 0 aliphatic heterocycles. The molecule has 4 aromatic carbocycles. The van der Waals surface area contributed by atoms with E-state index in [1.165, 1.54) is 6.21 Å². The zero-order valence-electron chi connectivity index (χ0n) is 20.3. The van der Waals surface area contributed by atoms with Crippen molar-refractivity contribution in [2.45, 2.75) is 13.2 Å². The third-order valence-corrected chi connectivity index (χ3v) is 6.17. The molecule has 0 aromatic heterocycles. The van der Waals surface area contributed by atoms with Crippen molar-refractivity contribution < 1.29 is 19.0 Å². The van der Waals surface area contributed by atoms with Crippen molar-refractivity contribution in [2.24, 2.45) is 5.10 Å². The van der Waals surface area contributed by atoms with Gasteiger partial charge in [-0.25, -0.2) is 5.43 Å². The fourth-order valence-corrected chi connectivity index (χ4v) is 4.17. The van der Waals surface area contributed by atoms with E-state index in [-0.39, 0.29) is 12.5 Å². The molecular formula is C29H23Cl3N2O4. The molecule has 194 valence electrons. The van der Waals surface area contributed by atoms with E-state index in [0.29, 0.717) is 50.1 Å². The summed E-state index contributed by atoms with van der Waals surface area (Å²) in [6.07, 6.45) is 1.44. The van der Waals surface area contributed by atoms with Crippen molar-refractivity contribution in [1.82, 2.24) is 5.43 Å². The second-order valence-electron chi connectivity index (χ2n) is 8.07. The summed E-state index contributed by atoms with van der Waals surface area (Å²) in [5.74, 6) is 1.18. The highest BCUT2D eigenvalue weighted by molar-refractivity contribution is 6.37. The molecule has 38 heavy (non-hydrogen) atoms. The molecule has 0 heterocycles. The lowest BCUT2D eigenvalue weighted by Crippen LogP contribution is -2.17. The molecule has 4 rings (SSSR count). The van der Waals surface area contributed by atoms with Gasteiger partial charge in [0.05, 0.1) is 23.4 Å². The van der Waals surface area contributed by atoms with Crippen LogP contribution in [-0.2, 0) is 13.2 Å². The average molecular weight is 570 g/mol. The summed E-state index contributed by atoms with van der Waals surface area (Å²) in [7, 11) is 1.58. The molecule has 4 aromatic rings. The Morgan fingerprint density at radius 2 is 1.50 bits per heavy atom. The van der Waals surface area contributed by atoms with E-state index >= 15 is 0 Å². The molecule has 0 aliphatic carbocycles. The Balaban J connectivity index is 1.36. The maximum atomic E-state index is 12.2. The van der Waals surface area contributed by atoms with Crippen LogP contribution in [0.15, 0.2) is 90.0 Å². The number of nitrogens with one attached hydrogen (secondary N) is 1. The highest BCUT2D eigenvalue weighted by atomic mass is 35.5. The first-order valence-corrected chi connectivity index (χ1v) is 12.6. The molecule has 0 bridgehead atoms. The molecule has 0 atom stereocenters. The third-order valence-electron chi connectivity index (χ3n) is 5.36. The van der Waals surface area contributed by atoms with Crippen molar-refractivity contribution in [2.75, 3.05) is 7.11 Å². The van der Waals surface area contributed by atoms with E-state index in [1.807, 2.05) is 48.5 Å². The number of carbonyl (C=O) groups is 1. The van der Waals surface area contributed by atoms with E-state index < -0.39 is 0 Å². The standard InChI is InChI=1S/C29H23Cl3N2O4/c1-36-27-15-20(7-12-26(27)37-17-19-5-3-2-4-6-19)18-38-28-24(31)13-21(14-25(28)32)16-33-34-29(35)22-8-10-23(30)11-9-22/h2-16H,17-18H2,1H3,(H,34,35)/b33-16+. The van der Waals surface area contributed by atoms with Gasteiger partial charge in [-0.1, -0.05) is 71.2 Å². The lowest BCUT2D eigenvalue weighted by atomic mass is 10.2. The Labute approximate surface area is 235 Å². The number of hydrazone groups is 1. The topological polar surface area (TPSA) is 69.2 Å². The van der Waals surface area contributed by atoms with Crippen LogP contribution in [0.3, 0.4) is 0 Å². The first-order valence-electron chi connectivity index (χ1n) is 11.5. The second kappa shape index (κ2) is 13.2. The van der Waals surface area contributed by atoms with Crippen LogP contribution in [0.2, 0.25) is 15.1 Å². The normalized spacial score (nSPS) is 10.8. The minimum absolute atomic E-state index is 0.208. The number of carbonyl (C=O) groups excluding carboxylic acids is 1. The summed E-state index contributed by atoms with van der Waals surface area (Å²) in [4.78, 5) is 12.2. The number of amides is 1. The molecular weight excluding hydrogens is 547 g/mol. The molecule has 0 fully saturated rings. The smallest absolute Gasteiger partial charge is 0.271 e. The van der Waals surface area contributed by atoms with Gasteiger partial charge in [-0.2, -0.15) is 5.10 Å². The third kappa shape index (κ3) is 7.42. The number of benzene rings is 4. The summed E-state index contributed by atoms with van der Waals surface area (Å²) in [6, 6.07) is 25.2. The van der Waals surface area contributed by atoms with Gasteiger partial charge in [0.15, 0.2) is 17.2 Å². The van der Waals surface area contributed by atoms with E-state index in [1.54, 1.807) is 43.5 Å². The first kappa shape index (κ1) is 27.3. The Kier molecular flexibility index (Phi) is 9.49. The molecule has 1 amide bonds. The number of halogens is 3. The number of methoxy groups -OCH3 is 1. The van der Waals surface area contributed by atoms with E-state index in [0.717, 1.165) is 11.1 Å². The van der Waals surface area contributed by atoms with Crippen molar-refractivity contribution in [1.29, 1.82) is 0 Å². The molecule has 0 spiro atoms. The Morgan fingerprint density at radius 1 is 0.816 bits per heavy atom. The molecule has 1 N–H and O–H groups in total. The Bertz CT molecular complexity index is 1400. The van der Waals surface area contributed by atoms with E-state index in [4.69, 9.17) is 49.0 Å². The Hall–Kier alpha value is -3.71. The fourth-order valence-electron chi connectivity index (χ4n) is 3.44. The molecule has 0 saturated heterocycles. The molecule has 0 unspecified atom stereocenters. The highest BCUT2D eigenvalue weighted by Crippen LogP contribution is 2.35. The van der Waals surface area contributed by atoms with Gasteiger partial charge in [0.25, 0.3) is 5.91 Å². The average Bonchev–Trinajstić information content (AvgIpc) is 2.92. The lowest BCUT2D eigenvalue weighted by molar-refractivity contribution is 0.0955. The molecule has 9 heteroatoms. The summed E-state index contributed by atoms with van der Waals surface area (Å²) in [6.45, 7) is 0.637. The fraction of sp³-hybridized carbons (Fsp3) is 0.103. The number of ether oxygens (including phenoxy) is 3. The van der Waals surface area contributed by atoms with Gasteiger partial charge in [-0.3, -0.25) is 4.79 Å². The van der Waals surface area contributed by atoms with Gasteiger partial charge < -0.3 is 14.2 Å². The van der Waals surface area contributed by atoms with Crippen LogP contribution in [0.5, 0.6) is 17.2 Å². The molecule has 0 aliphatic rings. The zero-order chi connectivity index (χ0) is 26.9. The summed E-state index contributed by atoms with van der Waals surface area (Å²) in [5, 5.41) is 5.12. The number of hydrogen-bond acceptors (Lipinski definition) is 5. The molecule has 0 radical (unpaired) electrons. The predicted octanol–water partition coefficient (Wildman–Crippen LogP) is 7.58. The first-order chi connectivity index (χ1) is 18.4. The minimum atomic E-state index is -0.373. The van der Waals surface area contributed by atoms with Crippen molar-refractivity contribution in [3.05, 3.63) is 122 Å². The summed E-state index contributed by atoms with van der Waals surface area (Å²) >= 11 is 18.7. The van der Waals surface area contributed by atoms with Gasteiger partial charge >= 0.3 is 0 Å². The lowest BCUT2D eigenvalue weighted by Gasteiger charge is -2.14. The van der Waals surface area contributed by atoms with Crippen molar-refractivity contribution in [3.8, 4) is 17.2 Å². The maximum Gasteiger partial charge on any atom is 0.271 e. The molecule has 6 nitrogen and oxygen atoms in total. The zero-order valence-corrected chi connectivity index (χ0v) is 22.6. The number of rotatable bonds is 10. The van der Waals surface area contributed by atoms with Crippen LogP contribution >= 0.6 is 34.8 Å². The quantitative estimate of drug-likeness (QED) is 0.158. The predicted molar refractivity (Wildman–Crippen MR) is 151 cm³/mol. The second-order valence-corrected chi connectivity index (χ2v) is 9.32. The van der Waals surface area contributed by atoms with Gasteiger partial charge in [-0.05, 0) is 65.2 Å². The van der Waals surface area contributed by atoms with Crippen LogP contribution in [0.25, 0.3) is 0 Å². The number of hydrogen-bond donors (Lipinski definition) is 1. The summed E-state index contributed by atoms with van der Waals surface area (Å²) < 4.78 is 17.3. The monoisotopic (exact) mass is 568 g/mol. The van der Waals surface area contributed by atoms with Crippen LogP contribution < -0.4 is 19.6 Å². The van der Waals surface area contributed by atoms with Crippen LogP contribution in [0.1, 0.15) is 27.0 Å². The Morgan fingerprint density at radius 3 is 2.18 bits per heavy atom. The van der Waals surface area contributed by atoms with E-state index in [2.05, 4.69) is 10.5 Å². The van der Waals surface area contributed by atoms with Crippen LogP contribution in [0, 0.1) is 0 Å². The van der Waals surface area contributed by atoms with Crippen molar-refractivity contribution in [3.63, 3.8) is 0 Å². The maximum absolute atomic E-state index is 12.2. The van der Waals surface area contributed by atoms with Gasteiger partial charge in [0, 0.05) is 10.6 Å². The highest BCUT2D eigenvalue weighted by Gasteiger charge is 2.12. The SMILES string of the molecule is COc1cc(COc2c(Cl)cc(/C=N/NC(=O)c3ccc(Cl)cc3)cc2Cl)ccc1OCc1ccccc1. The number of nitrogens with zero attached hydrogens (tertiary/aromatic N) is 1. The van der Waals surface area contributed by atoms with Gasteiger partial charge in [0.2, 0.25) is 0 Å².